The lowest BCUT2D eigenvalue weighted by molar-refractivity contribution is 0.171. The molecule has 592 valence electrons. The summed E-state index contributed by atoms with van der Waals surface area (Å²) in [7, 11) is -0.187. The van der Waals surface area contributed by atoms with Gasteiger partial charge in [-0.3, -0.25) is 12.9 Å². The molecule has 0 aromatic heterocycles. The van der Waals surface area contributed by atoms with Gasteiger partial charge in [0.2, 0.25) is 9.84 Å². The summed E-state index contributed by atoms with van der Waals surface area (Å²) in [5.41, 5.74) is 6.42. The topological polar surface area (TPSA) is 251 Å². The summed E-state index contributed by atoms with van der Waals surface area (Å²) in [5.74, 6) is -7.33. The number of sulfone groups is 1. The number of rotatable bonds is 10. The molecule has 5 heterocycles. The van der Waals surface area contributed by atoms with Crippen LogP contribution in [0.1, 0.15) is 34.2 Å². The molecule has 0 saturated heterocycles. The lowest BCUT2D eigenvalue weighted by atomic mass is 10.1. The number of aryl methyl sites for hydroxylation is 2. The third kappa shape index (κ3) is 20.2. The molecule has 10 aromatic carbocycles. The highest BCUT2D eigenvalue weighted by molar-refractivity contribution is 8.14. The van der Waals surface area contributed by atoms with Gasteiger partial charge in [-0.1, -0.05) is 84.9 Å². The molecule has 0 amide bonds. The molecule has 0 N–H and O–H groups in total. The largest absolute Gasteiger partial charge is 0.643 e. The van der Waals surface area contributed by atoms with E-state index in [4.69, 9.17) is 70.5 Å². The Balaban J connectivity index is 0.000000148. The fourth-order valence-corrected chi connectivity index (χ4v) is 20.1. The van der Waals surface area contributed by atoms with Gasteiger partial charge >= 0.3 is 11.4 Å². The van der Waals surface area contributed by atoms with Crippen molar-refractivity contribution in [2.24, 2.45) is 0 Å². The number of hydrogen-bond donors (Lipinski definition) is 0. The summed E-state index contributed by atoms with van der Waals surface area (Å²) in [5, 5.41) is 0. The van der Waals surface area contributed by atoms with Gasteiger partial charge in [0.15, 0.2) is 42.6 Å². The highest BCUT2D eigenvalue weighted by Gasteiger charge is 2.39. The van der Waals surface area contributed by atoms with E-state index in [1.165, 1.54) is 73.9 Å². The molecule has 10 aromatic rings. The second-order valence-electron chi connectivity index (χ2n) is 24.1. The van der Waals surface area contributed by atoms with Gasteiger partial charge in [-0.15, -0.1) is 0 Å². The summed E-state index contributed by atoms with van der Waals surface area (Å²) in [6.45, 7) is 1.88. The van der Waals surface area contributed by atoms with Gasteiger partial charge in [0.05, 0.1) is 31.7 Å². The molecule has 0 unspecified atom stereocenters. The second-order valence-corrected chi connectivity index (χ2v) is 42.9. The van der Waals surface area contributed by atoms with Gasteiger partial charge in [0, 0.05) is 53.1 Å². The smallest absolute Gasteiger partial charge is 0.486 e. The number of hydrogen-bond acceptors (Lipinski definition) is 16. The molecular weight excluding hydrogens is 1720 g/mol. The molecule has 112 heavy (non-hydrogen) atoms. The van der Waals surface area contributed by atoms with Crippen LogP contribution in [0.15, 0.2) is 234 Å². The quantitative estimate of drug-likeness (QED) is 0.0701. The van der Waals surface area contributed by atoms with Crippen LogP contribution in [0.5, 0.6) is 23.0 Å². The lowest BCUT2D eigenvalue weighted by Crippen LogP contribution is -2.30. The first-order chi connectivity index (χ1) is 52.9. The van der Waals surface area contributed by atoms with Crippen molar-refractivity contribution in [1.29, 1.82) is 0 Å². The van der Waals surface area contributed by atoms with E-state index in [9.17, 15) is 85.6 Å². The second kappa shape index (κ2) is 36.6. The molecule has 1 aliphatic carbocycles. The number of para-hydroxylation sites is 2. The van der Waals surface area contributed by atoms with Crippen molar-refractivity contribution < 1.29 is 105 Å². The third-order valence-electron chi connectivity index (χ3n) is 17.1. The Bertz CT molecular complexity index is 5680. The molecule has 0 saturated carbocycles. The molecule has 39 heteroatoms. The molecular formula is C73H59AlCl5F8N3O16S6. The summed E-state index contributed by atoms with van der Waals surface area (Å²) in [4.78, 5) is -3.94. The fraction of sp³-hybridized carbons (Fsp3) is 0.178. The average Bonchev–Trinajstić information content (AvgIpc) is 1.51. The maximum Gasteiger partial charge on any atom is 0.643 e. The Kier molecular flexibility index (Phi) is 28.2. The standard InChI is InChI=1S/C22H17F2NO6S2.2C14H11F2NO2S.C9H10.C8H7ClO4S.C6H3ClF2O2S.Al.3ClH/c23-17-2-1-3-18(24)22(17)33(28,29)25-9-8-14-12-15(4-6-19(14)25)32(26,27)16-5-7-20-21(13-16)31-11-10-30-20;2*15-11-5-3-6-12(16)14(11)20(18,19)17-9-8-10-4-1-2-7-13(10)17;1-2-5-9-7-3-6-8(9)4-1;9-14(10,11)6-1-2-7-8(5-6)13-4-3-12-7;7-12(10,11)6-4(8)2-1-3-5(6)9;;;;/h1-7,12-13H,8-11H2;2*1-7H,8-9H2;1-2,4-5H,3,6-7H2;1-2,5H,3-4H2;1-3H;;3*1H/q;;;;;;+3;;;/p-3. The highest BCUT2D eigenvalue weighted by Crippen LogP contribution is 2.41. The molecule has 6 aliphatic rings. The summed E-state index contributed by atoms with van der Waals surface area (Å²) < 4.78 is 278. The molecule has 0 bridgehead atoms. The molecule has 0 radical (unpaired) electrons. The van der Waals surface area contributed by atoms with Crippen LogP contribution in [0, 0.1) is 46.5 Å². The summed E-state index contributed by atoms with van der Waals surface area (Å²) in [6.07, 6.45) is 5.22. The van der Waals surface area contributed by atoms with Crippen molar-refractivity contribution in [3.05, 3.63) is 275 Å². The number of ether oxygens (including phenoxy) is 4. The van der Waals surface area contributed by atoms with Crippen LogP contribution in [0.2, 0.25) is 0 Å². The zero-order valence-electron chi connectivity index (χ0n) is 57.6. The van der Waals surface area contributed by atoms with E-state index < -0.39 is 136 Å². The SMILES string of the molecule is O=S(=O)(Cl)c1c(F)cccc1F.O=S(=O)(Cl)c1ccc2c(c1)OCCO2.O=S(=O)(c1c(F)cccc1F)N1CCc2ccccc21.O=S(=O)(c1c(F)cccc1F)N1CCc2ccccc21.O=S(=O)(c1ccc2c(c1)CCN2S(=O)(=O)c1c(F)cccc1F)c1ccc2c(c1)OCCO2.[Cl][Al]([Cl])[Cl].c1ccc2c(c1)CCC2. The number of sulfonamides is 3. The maximum atomic E-state index is 14.2. The molecule has 0 atom stereocenters. The maximum absolute atomic E-state index is 14.2. The molecule has 0 spiro atoms. The van der Waals surface area contributed by atoms with Crippen molar-refractivity contribution in [1.82, 2.24) is 0 Å². The Hall–Kier alpha value is -8.08. The van der Waals surface area contributed by atoms with Crippen LogP contribution < -0.4 is 31.9 Å². The fourth-order valence-electron chi connectivity index (χ4n) is 12.1. The monoisotopic (exact) mass is 1780 g/mol. The molecule has 5 aliphatic heterocycles. The lowest BCUT2D eigenvalue weighted by Gasteiger charge is -2.20. The molecule has 0 fully saturated rings. The van der Waals surface area contributed by atoms with Gasteiger partial charge in [0.25, 0.3) is 48.2 Å². The van der Waals surface area contributed by atoms with Crippen LogP contribution in [0.25, 0.3) is 0 Å². The Morgan fingerprint density at radius 3 is 0.929 bits per heavy atom. The van der Waals surface area contributed by atoms with E-state index in [0.717, 1.165) is 96.8 Å². The van der Waals surface area contributed by atoms with Crippen molar-refractivity contribution in [3.63, 3.8) is 0 Å². The van der Waals surface area contributed by atoms with E-state index in [0.29, 0.717) is 79.2 Å². The predicted molar refractivity (Wildman–Crippen MR) is 408 cm³/mol. The van der Waals surface area contributed by atoms with Gasteiger partial charge in [0.1, 0.15) is 73.0 Å². The van der Waals surface area contributed by atoms with Crippen molar-refractivity contribution in [3.8, 4) is 23.0 Å². The van der Waals surface area contributed by atoms with E-state index in [2.05, 4.69) is 24.3 Å². The minimum Gasteiger partial charge on any atom is -0.486 e. The van der Waals surface area contributed by atoms with E-state index in [-0.39, 0.29) is 46.4 Å². The van der Waals surface area contributed by atoms with Crippen molar-refractivity contribution in [2.45, 2.75) is 72.8 Å². The van der Waals surface area contributed by atoms with E-state index in [1.807, 2.05) is 12.1 Å². The Labute approximate surface area is 666 Å². The number of benzene rings is 10. The van der Waals surface area contributed by atoms with E-state index in [1.54, 1.807) is 47.5 Å². The van der Waals surface area contributed by atoms with Crippen molar-refractivity contribution >= 4 is 138 Å². The summed E-state index contributed by atoms with van der Waals surface area (Å²) in [6, 6.07) is 46.8. The first-order valence-corrected chi connectivity index (χ1v) is 48.6. The zero-order valence-corrected chi connectivity index (χ0v) is 67.4. The minimum absolute atomic E-state index is 0.00241. The van der Waals surface area contributed by atoms with E-state index >= 15 is 0 Å². The predicted octanol–water partition coefficient (Wildman–Crippen LogP) is 15.9. The van der Waals surface area contributed by atoms with Gasteiger partial charge in [-0.25, -0.2) is 116 Å². The number of halogens is 13. The van der Waals surface area contributed by atoms with Crippen LogP contribution in [-0.4, -0.2) is 108 Å². The number of anilines is 3. The highest BCUT2D eigenvalue weighted by atomic mass is 35.8. The van der Waals surface area contributed by atoms with Crippen LogP contribution in [0.4, 0.5) is 52.2 Å². The minimum atomic E-state index is -4.52. The number of nitrogens with zero attached hydrogens (tertiary/aromatic N) is 3. The normalized spacial score (nSPS) is 14.3. The first kappa shape index (κ1) is 86.3. The Morgan fingerprint density at radius 1 is 0.295 bits per heavy atom. The van der Waals surface area contributed by atoms with Gasteiger partial charge < -0.3 is 18.9 Å². The zero-order chi connectivity index (χ0) is 81.3. The summed E-state index contributed by atoms with van der Waals surface area (Å²) >= 11 is -1.72. The molecule has 16 rings (SSSR count). The first-order valence-electron chi connectivity index (χ1n) is 33.0. The number of fused-ring (bicyclic) bond motifs is 6. The Morgan fingerprint density at radius 2 is 0.580 bits per heavy atom. The van der Waals surface area contributed by atoms with Crippen molar-refractivity contribution in [2.75, 3.05) is 59.0 Å². The van der Waals surface area contributed by atoms with Gasteiger partial charge in [-0.2, -0.15) is 0 Å². The third-order valence-corrected chi connectivity index (χ3v) is 27.1. The van der Waals surface area contributed by atoms with Gasteiger partial charge in [-0.05, 0) is 169 Å². The molecule has 19 nitrogen and oxygen atoms in total. The van der Waals surface area contributed by atoms with Crippen LogP contribution >= 0.6 is 51.5 Å². The van der Waals surface area contributed by atoms with Crippen LogP contribution in [0.3, 0.4) is 0 Å². The average molecular weight is 1780 g/mol. The van der Waals surface area contributed by atoms with Crippen LogP contribution in [-0.2, 0) is 90.1 Å².